The van der Waals surface area contributed by atoms with E-state index in [0.717, 1.165) is 47.9 Å². The van der Waals surface area contributed by atoms with Gasteiger partial charge in [-0.3, -0.25) is 4.79 Å². The van der Waals surface area contributed by atoms with Gasteiger partial charge in [-0.15, -0.1) is 0 Å². The monoisotopic (exact) mass is 478 g/mol. The third kappa shape index (κ3) is 5.50. The Hall–Kier alpha value is -3.35. The first-order valence-corrected chi connectivity index (χ1v) is 12.5. The molecule has 0 aliphatic heterocycles. The van der Waals surface area contributed by atoms with Gasteiger partial charge in [0.05, 0.1) is 0 Å². The number of carboxylic acid groups (broad SMARTS) is 1. The van der Waals surface area contributed by atoms with Gasteiger partial charge in [0.2, 0.25) is 5.91 Å². The third-order valence-electron chi connectivity index (χ3n) is 7.24. The molecule has 35 heavy (non-hydrogen) atoms. The number of hydrogen-bond acceptors (Lipinski definition) is 4. The Balaban J connectivity index is 1.37. The molecule has 2 atom stereocenters. The number of aliphatic carboxylic acids is 1. The van der Waals surface area contributed by atoms with Gasteiger partial charge in [-0.05, 0) is 54.4 Å². The number of carbonyl (C=O) groups is 3. The molecule has 1 fully saturated rings. The quantitative estimate of drug-likeness (QED) is 0.429. The van der Waals surface area contributed by atoms with Crippen LogP contribution in [0.1, 0.15) is 69.4 Å². The van der Waals surface area contributed by atoms with E-state index in [1.807, 2.05) is 31.2 Å². The van der Waals surface area contributed by atoms with E-state index in [0.29, 0.717) is 6.42 Å². The Morgan fingerprint density at radius 1 is 1.06 bits per heavy atom. The number of rotatable bonds is 11. The second-order valence-electron chi connectivity index (χ2n) is 9.84. The summed E-state index contributed by atoms with van der Waals surface area (Å²) in [7, 11) is 0. The first-order valence-electron chi connectivity index (χ1n) is 12.5. The van der Waals surface area contributed by atoms with E-state index < -0.39 is 23.6 Å². The second-order valence-corrected chi connectivity index (χ2v) is 9.84. The average molecular weight is 479 g/mol. The lowest BCUT2D eigenvalue weighted by atomic mass is 9.95. The number of hydrogen-bond donors (Lipinski definition) is 3. The minimum atomic E-state index is -1.27. The van der Waals surface area contributed by atoms with E-state index in [9.17, 15) is 19.5 Å². The lowest BCUT2D eigenvalue weighted by Crippen LogP contribution is -2.55. The molecule has 4 rings (SSSR count). The van der Waals surface area contributed by atoms with Crippen molar-refractivity contribution in [1.29, 1.82) is 0 Å². The summed E-state index contributed by atoms with van der Waals surface area (Å²) in [5.41, 5.74) is 3.32. The highest BCUT2D eigenvalue weighted by molar-refractivity contribution is 5.87. The largest absolute Gasteiger partial charge is 0.480 e. The molecule has 0 spiro atoms. The van der Waals surface area contributed by atoms with Crippen molar-refractivity contribution in [2.75, 3.05) is 6.61 Å². The zero-order chi connectivity index (χ0) is 25.0. The fourth-order valence-corrected chi connectivity index (χ4v) is 5.04. The molecule has 0 saturated heterocycles. The van der Waals surface area contributed by atoms with Crippen molar-refractivity contribution >= 4 is 18.0 Å². The van der Waals surface area contributed by atoms with Gasteiger partial charge >= 0.3 is 12.1 Å². The summed E-state index contributed by atoms with van der Waals surface area (Å²) in [4.78, 5) is 37.2. The molecule has 2 aromatic carbocycles. The van der Waals surface area contributed by atoms with Crippen LogP contribution in [0.5, 0.6) is 0 Å². The summed E-state index contributed by atoms with van der Waals surface area (Å²) in [6, 6.07) is 15.9. The summed E-state index contributed by atoms with van der Waals surface area (Å²) in [6.07, 6.45) is 3.39. The summed E-state index contributed by atoms with van der Waals surface area (Å²) in [6.45, 7) is 3.80. The van der Waals surface area contributed by atoms with Crippen molar-refractivity contribution in [1.82, 2.24) is 10.6 Å². The zero-order valence-electron chi connectivity index (χ0n) is 20.4. The van der Waals surface area contributed by atoms with Crippen molar-refractivity contribution in [2.24, 2.45) is 5.92 Å². The molecule has 1 unspecified atom stereocenters. The molecule has 2 aromatic rings. The molecule has 0 bridgehead atoms. The number of nitrogens with one attached hydrogen (secondary N) is 2. The fraction of sp³-hybridized carbons (Fsp3) is 0.464. The van der Waals surface area contributed by atoms with Crippen LogP contribution in [0.3, 0.4) is 0 Å². The lowest BCUT2D eigenvalue weighted by molar-refractivity contribution is -0.148. The summed E-state index contributed by atoms with van der Waals surface area (Å²) in [5.74, 6) is -1.49. The number of amides is 2. The molecule has 3 N–H and O–H groups in total. The predicted molar refractivity (Wildman–Crippen MR) is 133 cm³/mol. The van der Waals surface area contributed by atoms with Crippen LogP contribution in [-0.2, 0) is 14.3 Å². The van der Waals surface area contributed by atoms with Crippen LogP contribution in [0.15, 0.2) is 48.5 Å². The van der Waals surface area contributed by atoms with Gasteiger partial charge in [0.15, 0.2) is 0 Å². The molecule has 186 valence electrons. The molecule has 1 saturated carbocycles. The highest BCUT2D eigenvalue weighted by atomic mass is 16.5. The van der Waals surface area contributed by atoms with Crippen LogP contribution in [0.4, 0.5) is 4.79 Å². The Bertz CT molecular complexity index is 1050. The number of unbranched alkanes of at least 4 members (excludes halogenated alkanes) is 1. The second kappa shape index (κ2) is 10.5. The van der Waals surface area contributed by atoms with Gasteiger partial charge in [0.1, 0.15) is 12.1 Å². The number of benzene rings is 2. The lowest BCUT2D eigenvalue weighted by Gasteiger charge is -2.27. The van der Waals surface area contributed by atoms with Crippen LogP contribution in [0.2, 0.25) is 0 Å². The average Bonchev–Trinajstić information content (AvgIpc) is 3.65. The molecule has 0 aromatic heterocycles. The summed E-state index contributed by atoms with van der Waals surface area (Å²) < 4.78 is 5.64. The van der Waals surface area contributed by atoms with Crippen molar-refractivity contribution < 1.29 is 24.2 Å². The number of alkyl carbamates (subject to hydrolysis) is 1. The molecule has 7 nitrogen and oxygen atoms in total. The van der Waals surface area contributed by atoms with Gasteiger partial charge in [0, 0.05) is 18.4 Å². The molecule has 2 aliphatic rings. The van der Waals surface area contributed by atoms with E-state index in [1.54, 1.807) is 6.92 Å². The SMILES string of the molecule is CCCC[C@@H](CC(=O)NC(C)(C(=O)O)C1CC1)NC(=O)OCC1c2ccccc2-c2ccccc21. The Labute approximate surface area is 206 Å². The highest BCUT2D eigenvalue weighted by Crippen LogP contribution is 2.44. The van der Waals surface area contributed by atoms with Crippen molar-refractivity contribution in [3.05, 3.63) is 59.7 Å². The fourth-order valence-electron chi connectivity index (χ4n) is 5.04. The molecule has 0 heterocycles. The minimum absolute atomic E-state index is 0.0137. The van der Waals surface area contributed by atoms with E-state index >= 15 is 0 Å². The van der Waals surface area contributed by atoms with Crippen molar-refractivity contribution in [3.63, 3.8) is 0 Å². The maximum atomic E-state index is 12.7. The zero-order valence-corrected chi connectivity index (χ0v) is 20.4. The summed E-state index contributed by atoms with van der Waals surface area (Å²) in [5, 5.41) is 15.2. The molecule has 7 heteroatoms. The van der Waals surface area contributed by atoms with E-state index in [2.05, 4.69) is 34.9 Å². The maximum absolute atomic E-state index is 12.7. The smallest absolute Gasteiger partial charge is 0.407 e. The van der Waals surface area contributed by atoms with Gasteiger partial charge in [-0.1, -0.05) is 68.3 Å². The highest BCUT2D eigenvalue weighted by Gasteiger charge is 2.48. The molecular weight excluding hydrogens is 444 g/mol. The topological polar surface area (TPSA) is 105 Å². The van der Waals surface area contributed by atoms with Crippen LogP contribution in [0, 0.1) is 5.92 Å². The van der Waals surface area contributed by atoms with Crippen LogP contribution in [-0.4, -0.2) is 41.3 Å². The van der Waals surface area contributed by atoms with E-state index in [1.165, 1.54) is 0 Å². The van der Waals surface area contributed by atoms with Gasteiger partial charge < -0.3 is 20.5 Å². The summed E-state index contributed by atoms with van der Waals surface area (Å²) >= 11 is 0. The third-order valence-corrected chi connectivity index (χ3v) is 7.24. The Kier molecular flexibility index (Phi) is 7.43. The Morgan fingerprint density at radius 3 is 2.20 bits per heavy atom. The number of fused-ring (bicyclic) bond motifs is 3. The van der Waals surface area contributed by atoms with Crippen LogP contribution >= 0.6 is 0 Å². The molecular formula is C28H34N2O5. The van der Waals surface area contributed by atoms with Gasteiger partial charge in [-0.25, -0.2) is 9.59 Å². The van der Waals surface area contributed by atoms with Crippen LogP contribution < -0.4 is 10.6 Å². The van der Waals surface area contributed by atoms with E-state index in [4.69, 9.17) is 4.74 Å². The predicted octanol–water partition coefficient (Wildman–Crippen LogP) is 4.84. The first-order chi connectivity index (χ1) is 16.8. The normalized spacial score (nSPS) is 17.0. The molecule has 0 radical (unpaired) electrons. The minimum Gasteiger partial charge on any atom is -0.480 e. The van der Waals surface area contributed by atoms with Crippen molar-refractivity contribution in [3.8, 4) is 11.1 Å². The number of carboxylic acids is 1. The van der Waals surface area contributed by atoms with Gasteiger partial charge in [-0.2, -0.15) is 0 Å². The standard InChI is InChI=1S/C28H34N2O5/c1-3-4-9-19(16-25(31)30-28(2,26(32)33)18-14-15-18)29-27(34)35-17-24-22-12-7-5-10-20(22)21-11-6-8-13-23(21)24/h5-8,10-13,18-19,24H,3-4,9,14-17H2,1-2H3,(H,29,34)(H,30,31)(H,32,33)/t19-,28?/m0/s1. The maximum Gasteiger partial charge on any atom is 0.407 e. The number of carbonyl (C=O) groups excluding carboxylic acids is 2. The van der Waals surface area contributed by atoms with Crippen LogP contribution in [0.25, 0.3) is 11.1 Å². The molecule has 2 aliphatic carbocycles. The first kappa shape index (κ1) is 24.8. The van der Waals surface area contributed by atoms with E-state index in [-0.39, 0.29) is 30.8 Å². The van der Waals surface area contributed by atoms with Gasteiger partial charge in [0.25, 0.3) is 0 Å². The number of ether oxygens (including phenoxy) is 1. The van der Waals surface area contributed by atoms with Crippen molar-refractivity contribution in [2.45, 2.75) is 69.9 Å². The Morgan fingerprint density at radius 2 is 1.66 bits per heavy atom. The molecule has 2 amide bonds.